The van der Waals surface area contributed by atoms with Crippen LogP contribution in [-0.2, 0) is 9.59 Å². The van der Waals surface area contributed by atoms with E-state index in [0.29, 0.717) is 28.9 Å². The summed E-state index contributed by atoms with van der Waals surface area (Å²) >= 11 is 3.29. The fourth-order valence-corrected chi connectivity index (χ4v) is 3.09. The summed E-state index contributed by atoms with van der Waals surface area (Å²) in [5.74, 6) is -0.337. The van der Waals surface area contributed by atoms with Crippen LogP contribution < -0.4 is 9.47 Å². The molecule has 1 N–H and O–H groups in total. The zero-order valence-corrected chi connectivity index (χ0v) is 14.7. The minimum absolute atomic E-state index is 0.100. The van der Waals surface area contributed by atoms with Crippen molar-refractivity contribution in [3.63, 3.8) is 0 Å². The van der Waals surface area contributed by atoms with Gasteiger partial charge in [-0.15, -0.1) is 0 Å². The standard InChI is InChI=1S/C16H18BrNO5/c1-9(19)13-14(18(7-6-17)16(21)15(13)20)10-4-5-11(22-2)12(8-10)23-3/h4-5,8,14,20H,6-7H2,1-3H3/t14-/m0/s1. The largest absolute Gasteiger partial charge is 0.503 e. The van der Waals surface area contributed by atoms with Crippen molar-refractivity contribution in [3.8, 4) is 11.5 Å². The Morgan fingerprint density at radius 1 is 1.30 bits per heavy atom. The highest BCUT2D eigenvalue weighted by Crippen LogP contribution is 2.40. The van der Waals surface area contributed by atoms with Gasteiger partial charge in [0, 0.05) is 11.9 Å². The van der Waals surface area contributed by atoms with Gasteiger partial charge in [0.2, 0.25) is 0 Å². The lowest BCUT2D eigenvalue weighted by Gasteiger charge is -2.26. The van der Waals surface area contributed by atoms with E-state index < -0.39 is 17.7 Å². The van der Waals surface area contributed by atoms with Crippen LogP contribution in [-0.4, -0.2) is 47.8 Å². The maximum absolute atomic E-state index is 12.3. The summed E-state index contributed by atoms with van der Waals surface area (Å²) in [5, 5.41) is 10.6. The molecule has 7 heteroatoms. The van der Waals surface area contributed by atoms with Gasteiger partial charge in [0.05, 0.1) is 25.8 Å². The number of aliphatic hydroxyl groups excluding tert-OH is 1. The average Bonchev–Trinajstić information content (AvgIpc) is 2.79. The summed E-state index contributed by atoms with van der Waals surface area (Å²) in [6, 6.07) is 4.53. The van der Waals surface area contributed by atoms with Crippen LogP contribution in [0.15, 0.2) is 29.5 Å². The maximum Gasteiger partial charge on any atom is 0.290 e. The summed E-state index contributed by atoms with van der Waals surface area (Å²) in [7, 11) is 3.04. The highest BCUT2D eigenvalue weighted by molar-refractivity contribution is 9.09. The van der Waals surface area contributed by atoms with Gasteiger partial charge in [-0.25, -0.2) is 0 Å². The van der Waals surface area contributed by atoms with Crippen LogP contribution >= 0.6 is 15.9 Å². The lowest BCUT2D eigenvalue weighted by molar-refractivity contribution is -0.129. The number of hydrogen-bond acceptors (Lipinski definition) is 5. The van der Waals surface area contributed by atoms with Crippen molar-refractivity contribution in [2.75, 3.05) is 26.1 Å². The van der Waals surface area contributed by atoms with Gasteiger partial charge in [-0.05, 0) is 24.6 Å². The number of benzene rings is 1. The zero-order valence-electron chi connectivity index (χ0n) is 13.1. The number of aliphatic hydroxyl groups is 1. The Balaban J connectivity index is 2.56. The van der Waals surface area contributed by atoms with E-state index in [0.717, 1.165) is 0 Å². The van der Waals surface area contributed by atoms with E-state index in [-0.39, 0.29) is 11.4 Å². The highest BCUT2D eigenvalue weighted by Gasteiger charge is 2.42. The molecule has 0 bridgehead atoms. The van der Waals surface area contributed by atoms with E-state index in [1.807, 2.05) is 0 Å². The number of nitrogens with zero attached hydrogens (tertiary/aromatic N) is 1. The molecule has 1 aromatic rings. The number of ether oxygens (including phenoxy) is 2. The van der Waals surface area contributed by atoms with Crippen LogP contribution in [0.25, 0.3) is 0 Å². The van der Waals surface area contributed by atoms with Gasteiger partial charge >= 0.3 is 0 Å². The molecular formula is C16H18BrNO5. The molecule has 1 amide bonds. The summed E-state index contributed by atoms with van der Waals surface area (Å²) < 4.78 is 10.5. The Labute approximate surface area is 142 Å². The minimum atomic E-state index is -0.641. The third-order valence-electron chi connectivity index (χ3n) is 3.73. The molecule has 0 unspecified atom stereocenters. The topological polar surface area (TPSA) is 76.1 Å². The van der Waals surface area contributed by atoms with E-state index in [1.54, 1.807) is 18.2 Å². The monoisotopic (exact) mass is 383 g/mol. The van der Waals surface area contributed by atoms with Crippen LogP contribution in [0.5, 0.6) is 11.5 Å². The first-order valence-corrected chi connectivity index (χ1v) is 8.11. The Morgan fingerprint density at radius 2 is 1.96 bits per heavy atom. The number of alkyl halides is 1. The highest BCUT2D eigenvalue weighted by atomic mass is 79.9. The number of carbonyl (C=O) groups excluding carboxylic acids is 2. The number of hydrogen-bond donors (Lipinski definition) is 1. The number of halogens is 1. The van der Waals surface area contributed by atoms with Gasteiger partial charge in [-0.1, -0.05) is 22.0 Å². The van der Waals surface area contributed by atoms with Gasteiger partial charge in [0.1, 0.15) is 0 Å². The second-order valence-electron chi connectivity index (χ2n) is 5.02. The molecule has 2 rings (SSSR count). The Morgan fingerprint density at radius 3 is 2.48 bits per heavy atom. The third kappa shape index (κ3) is 3.06. The van der Waals surface area contributed by atoms with Crippen molar-refractivity contribution in [1.29, 1.82) is 0 Å². The molecule has 23 heavy (non-hydrogen) atoms. The normalized spacial score (nSPS) is 17.7. The molecule has 0 saturated heterocycles. The SMILES string of the molecule is COc1ccc([C@H]2C(C(C)=O)=C(O)C(=O)N2CCBr)cc1OC. The number of carbonyl (C=O) groups is 2. The molecule has 1 atom stereocenters. The van der Waals surface area contributed by atoms with Gasteiger partial charge in [0.25, 0.3) is 5.91 Å². The Hall–Kier alpha value is -2.02. The lowest BCUT2D eigenvalue weighted by atomic mass is 9.96. The van der Waals surface area contributed by atoms with Gasteiger partial charge < -0.3 is 19.5 Å². The van der Waals surface area contributed by atoms with E-state index in [1.165, 1.54) is 26.0 Å². The molecule has 0 saturated carbocycles. The number of amides is 1. The molecule has 1 aromatic carbocycles. The van der Waals surface area contributed by atoms with Crippen molar-refractivity contribution in [2.45, 2.75) is 13.0 Å². The zero-order chi connectivity index (χ0) is 17.1. The molecule has 124 valence electrons. The summed E-state index contributed by atoms with van der Waals surface area (Å²) in [6.07, 6.45) is 0. The maximum atomic E-state index is 12.3. The predicted octanol–water partition coefficient (Wildman–Crippen LogP) is 2.38. The van der Waals surface area contributed by atoms with Crippen molar-refractivity contribution < 1.29 is 24.2 Å². The van der Waals surface area contributed by atoms with Gasteiger partial charge in [-0.3, -0.25) is 9.59 Å². The van der Waals surface area contributed by atoms with Crippen LogP contribution in [0.4, 0.5) is 0 Å². The first-order valence-electron chi connectivity index (χ1n) is 6.99. The molecule has 0 fully saturated rings. The van der Waals surface area contributed by atoms with Crippen LogP contribution in [0.1, 0.15) is 18.5 Å². The van der Waals surface area contributed by atoms with Gasteiger partial charge in [0.15, 0.2) is 23.0 Å². The quantitative estimate of drug-likeness (QED) is 0.763. The molecular weight excluding hydrogens is 366 g/mol. The summed E-state index contributed by atoms with van der Waals surface area (Å²) in [6.45, 7) is 1.70. The van der Waals surface area contributed by atoms with Crippen molar-refractivity contribution in [2.24, 2.45) is 0 Å². The molecule has 6 nitrogen and oxygen atoms in total. The number of methoxy groups -OCH3 is 2. The second-order valence-corrected chi connectivity index (χ2v) is 5.82. The Bertz CT molecular complexity index is 670. The summed E-state index contributed by atoms with van der Waals surface area (Å²) in [5.41, 5.74) is 0.773. The van der Waals surface area contributed by atoms with Crippen molar-refractivity contribution >= 4 is 27.6 Å². The smallest absolute Gasteiger partial charge is 0.290 e. The van der Waals surface area contributed by atoms with E-state index in [9.17, 15) is 14.7 Å². The number of Topliss-reactive ketones (excluding diaryl/α,β-unsaturated/α-hetero) is 1. The minimum Gasteiger partial charge on any atom is -0.503 e. The van der Waals surface area contributed by atoms with Crippen molar-refractivity contribution in [3.05, 3.63) is 35.1 Å². The fraction of sp³-hybridized carbons (Fsp3) is 0.375. The van der Waals surface area contributed by atoms with Crippen LogP contribution in [0, 0.1) is 0 Å². The van der Waals surface area contributed by atoms with E-state index in [4.69, 9.17) is 9.47 Å². The lowest BCUT2D eigenvalue weighted by Crippen LogP contribution is -2.32. The van der Waals surface area contributed by atoms with E-state index >= 15 is 0 Å². The molecule has 1 aliphatic rings. The number of rotatable bonds is 6. The van der Waals surface area contributed by atoms with Crippen molar-refractivity contribution in [1.82, 2.24) is 4.90 Å². The molecule has 0 spiro atoms. The van der Waals surface area contributed by atoms with Crippen LogP contribution in [0.2, 0.25) is 0 Å². The third-order valence-corrected chi connectivity index (χ3v) is 4.09. The Kier molecular flexibility index (Phi) is 5.30. The predicted molar refractivity (Wildman–Crippen MR) is 88.1 cm³/mol. The van der Waals surface area contributed by atoms with E-state index in [2.05, 4.69) is 15.9 Å². The number of ketones is 1. The van der Waals surface area contributed by atoms with Crippen LogP contribution in [0.3, 0.4) is 0 Å². The molecule has 0 aliphatic carbocycles. The first kappa shape index (κ1) is 17.3. The molecule has 1 aliphatic heterocycles. The first-order chi connectivity index (χ1) is 11.0. The second kappa shape index (κ2) is 7.04. The summed E-state index contributed by atoms with van der Waals surface area (Å²) in [4.78, 5) is 25.7. The van der Waals surface area contributed by atoms with Gasteiger partial charge in [-0.2, -0.15) is 0 Å². The average molecular weight is 384 g/mol. The fourth-order valence-electron chi connectivity index (χ4n) is 2.70. The molecule has 0 aromatic heterocycles. The molecule has 1 heterocycles. The molecule has 0 radical (unpaired) electrons.